The number of halogens is 1. The molecule has 0 amide bonds. The van der Waals surface area contributed by atoms with Crippen LogP contribution in [0.3, 0.4) is 0 Å². The van der Waals surface area contributed by atoms with E-state index >= 15 is 0 Å². The zero-order valence-electron chi connectivity index (χ0n) is 7.98. The zero-order valence-corrected chi connectivity index (χ0v) is 8.74. The van der Waals surface area contributed by atoms with Gasteiger partial charge in [0.25, 0.3) is 5.69 Å². The van der Waals surface area contributed by atoms with Crippen molar-refractivity contribution in [3.05, 3.63) is 33.3 Å². The highest BCUT2D eigenvalue weighted by atomic mass is 35.5. The maximum absolute atomic E-state index is 10.5. The highest BCUT2D eigenvalue weighted by Gasteiger charge is 2.21. The standard InChI is InChI=1S/C10H10ClNO3/c11-9-5-4-7(12(13)14)6-10(9)15-8-2-1-3-8/h4-6,8H,1-3H2. The molecule has 1 saturated carbocycles. The van der Waals surface area contributed by atoms with Gasteiger partial charge >= 0.3 is 0 Å². The Morgan fingerprint density at radius 1 is 1.47 bits per heavy atom. The molecule has 5 heteroatoms. The average Bonchev–Trinajstić information content (AvgIpc) is 2.13. The molecular formula is C10H10ClNO3. The fourth-order valence-electron chi connectivity index (χ4n) is 1.36. The van der Waals surface area contributed by atoms with Crippen LogP contribution < -0.4 is 4.74 Å². The third kappa shape index (κ3) is 2.21. The monoisotopic (exact) mass is 227 g/mol. The van der Waals surface area contributed by atoms with Gasteiger partial charge in [0.05, 0.1) is 22.1 Å². The summed E-state index contributed by atoms with van der Waals surface area (Å²) in [5.74, 6) is 0.413. The van der Waals surface area contributed by atoms with Crippen molar-refractivity contribution < 1.29 is 9.66 Å². The molecule has 1 aromatic carbocycles. The molecule has 4 nitrogen and oxygen atoms in total. The van der Waals surface area contributed by atoms with Crippen molar-refractivity contribution in [1.29, 1.82) is 0 Å². The normalized spacial score (nSPS) is 15.8. The van der Waals surface area contributed by atoms with E-state index in [1.54, 1.807) is 0 Å². The van der Waals surface area contributed by atoms with Gasteiger partial charge in [-0.25, -0.2) is 0 Å². The van der Waals surface area contributed by atoms with E-state index in [1.807, 2.05) is 0 Å². The topological polar surface area (TPSA) is 52.4 Å². The summed E-state index contributed by atoms with van der Waals surface area (Å²) in [6, 6.07) is 4.24. The Morgan fingerprint density at radius 2 is 2.20 bits per heavy atom. The predicted molar refractivity (Wildman–Crippen MR) is 56.4 cm³/mol. The molecule has 0 bridgehead atoms. The van der Waals surface area contributed by atoms with Crippen LogP contribution in [0.2, 0.25) is 5.02 Å². The summed E-state index contributed by atoms with van der Waals surface area (Å²) in [5.41, 5.74) is 0.00808. The lowest BCUT2D eigenvalue weighted by molar-refractivity contribution is -0.385. The summed E-state index contributed by atoms with van der Waals surface area (Å²) in [5, 5.41) is 11.0. The largest absolute Gasteiger partial charge is 0.489 e. The van der Waals surface area contributed by atoms with Crippen molar-refractivity contribution in [3.8, 4) is 5.75 Å². The third-order valence-corrected chi connectivity index (χ3v) is 2.78. The average molecular weight is 228 g/mol. The minimum atomic E-state index is -0.454. The Hall–Kier alpha value is -1.29. The van der Waals surface area contributed by atoms with E-state index in [4.69, 9.17) is 16.3 Å². The minimum absolute atomic E-state index is 0.00808. The first-order valence-corrected chi connectivity index (χ1v) is 5.15. The van der Waals surface area contributed by atoms with Crippen LogP contribution in [-0.2, 0) is 0 Å². The lowest BCUT2D eigenvalue weighted by Crippen LogP contribution is -2.24. The first-order valence-electron chi connectivity index (χ1n) is 4.77. The second-order valence-electron chi connectivity index (χ2n) is 3.54. The lowest BCUT2D eigenvalue weighted by atomic mass is 9.96. The van der Waals surface area contributed by atoms with Crippen LogP contribution in [0.5, 0.6) is 5.75 Å². The van der Waals surface area contributed by atoms with Crippen molar-refractivity contribution in [2.24, 2.45) is 0 Å². The first kappa shape index (κ1) is 10.2. The van der Waals surface area contributed by atoms with E-state index in [0.29, 0.717) is 10.8 Å². The summed E-state index contributed by atoms with van der Waals surface area (Å²) in [6.07, 6.45) is 3.32. The van der Waals surface area contributed by atoms with Crippen LogP contribution in [0, 0.1) is 10.1 Å². The Labute approximate surface area is 92.0 Å². The van der Waals surface area contributed by atoms with Gasteiger partial charge in [0.15, 0.2) is 0 Å². The summed E-state index contributed by atoms with van der Waals surface area (Å²) in [7, 11) is 0. The molecule has 0 aliphatic heterocycles. The van der Waals surface area contributed by atoms with E-state index in [0.717, 1.165) is 19.3 Å². The van der Waals surface area contributed by atoms with Crippen molar-refractivity contribution in [3.63, 3.8) is 0 Å². The molecule has 1 aliphatic carbocycles. The summed E-state index contributed by atoms with van der Waals surface area (Å²) in [6.45, 7) is 0. The predicted octanol–water partition coefficient (Wildman–Crippen LogP) is 3.18. The number of hydrogen-bond acceptors (Lipinski definition) is 3. The number of hydrogen-bond donors (Lipinski definition) is 0. The number of non-ortho nitro benzene ring substituents is 1. The number of nitro groups is 1. The number of benzene rings is 1. The van der Waals surface area contributed by atoms with Crippen LogP contribution in [0.15, 0.2) is 18.2 Å². The molecule has 0 radical (unpaired) electrons. The smallest absolute Gasteiger partial charge is 0.273 e. The summed E-state index contributed by atoms with van der Waals surface area (Å²) in [4.78, 5) is 10.1. The van der Waals surface area contributed by atoms with Crippen LogP contribution >= 0.6 is 11.6 Å². The van der Waals surface area contributed by atoms with Crippen LogP contribution in [0.25, 0.3) is 0 Å². The fourth-order valence-corrected chi connectivity index (χ4v) is 1.53. The molecule has 0 N–H and O–H groups in total. The SMILES string of the molecule is O=[N+]([O-])c1ccc(Cl)c(OC2CCC2)c1. The Balaban J connectivity index is 2.19. The molecule has 15 heavy (non-hydrogen) atoms. The number of rotatable bonds is 3. The van der Waals surface area contributed by atoms with Gasteiger partial charge in [-0.3, -0.25) is 10.1 Å². The van der Waals surface area contributed by atoms with Gasteiger partial charge in [-0.15, -0.1) is 0 Å². The Morgan fingerprint density at radius 3 is 2.73 bits per heavy atom. The van der Waals surface area contributed by atoms with Gasteiger partial charge in [0.1, 0.15) is 5.75 Å². The number of nitro benzene ring substituents is 1. The quantitative estimate of drug-likeness (QED) is 0.589. The molecule has 0 saturated heterocycles. The fraction of sp³-hybridized carbons (Fsp3) is 0.400. The van der Waals surface area contributed by atoms with Gasteiger partial charge in [0.2, 0.25) is 0 Å². The van der Waals surface area contributed by atoms with E-state index in [1.165, 1.54) is 18.2 Å². The zero-order chi connectivity index (χ0) is 10.8. The Bertz CT molecular complexity index is 390. The van der Waals surface area contributed by atoms with Crippen molar-refractivity contribution in [1.82, 2.24) is 0 Å². The molecule has 2 rings (SSSR count). The van der Waals surface area contributed by atoms with Crippen LogP contribution in [0.4, 0.5) is 5.69 Å². The van der Waals surface area contributed by atoms with Gasteiger partial charge in [-0.2, -0.15) is 0 Å². The molecule has 0 heterocycles. The summed E-state index contributed by atoms with van der Waals surface area (Å²) >= 11 is 5.88. The van der Waals surface area contributed by atoms with Gasteiger partial charge in [0, 0.05) is 6.07 Å². The maximum atomic E-state index is 10.5. The molecule has 0 unspecified atom stereocenters. The molecular weight excluding hydrogens is 218 g/mol. The van der Waals surface area contributed by atoms with E-state index in [-0.39, 0.29) is 11.8 Å². The second kappa shape index (κ2) is 4.06. The van der Waals surface area contributed by atoms with Gasteiger partial charge < -0.3 is 4.74 Å². The lowest BCUT2D eigenvalue weighted by Gasteiger charge is -2.26. The first-order chi connectivity index (χ1) is 7.16. The van der Waals surface area contributed by atoms with Crippen molar-refractivity contribution >= 4 is 17.3 Å². The highest BCUT2D eigenvalue weighted by molar-refractivity contribution is 6.32. The molecule has 0 aromatic heterocycles. The molecule has 1 aliphatic rings. The minimum Gasteiger partial charge on any atom is -0.489 e. The van der Waals surface area contributed by atoms with E-state index in [2.05, 4.69) is 0 Å². The highest BCUT2D eigenvalue weighted by Crippen LogP contribution is 2.33. The van der Waals surface area contributed by atoms with E-state index in [9.17, 15) is 10.1 Å². The number of nitrogens with zero attached hydrogens (tertiary/aromatic N) is 1. The van der Waals surface area contributed by atoms with Crippen molar-refractivity contribution in [2.45, 2.75) is 25.4 Å². The van der Waals surface area contributed by atoms with Crippen molar-refractivity contribution in [2.75, 3.05) is 0 Å². The molecule has 80 valence electrons. The number of ether oxygens (including phenoxy) is 1. The molecule has 1 aromatic rings. The van der Waals surface area contributed by atoms with Gasteiger partial charge in [-0.05, 0) is 25.3 Å². The van der Waals surface area contributed by atoms with Crippen LogP contribution in [0.1, 0.15) is 19.3 Å². The van der Waals surface area contributed by atoms with E-state index < -0.39 is 4.92 Å². The third-order valence-electron chi connectivity index (χ3n) is 2.47. The van der Waals surface area contributed by atoms with Crippen LogP contribution in [-0.4, -0.2) is 11.0 Å². The summed E-state index contributed by atoms with van der Waals surface area (Å²) < 4.78 is 5.54. The maximum Gasteiger partial charge on any atom is 0.273 e. The van der Waals surface area contributed by atoms with Gasteiger partial charge in [-0.1, -0.05) is 11.6 Å². The molecule has 0 spiro atoms. The molecule has 1 fully saturated rings. The Kier molecular flexibility index (Phi) is 2.77. The second-order valence-corrected chi connectivity index (χ2v) is 3.95. The molecule has 0 atom stereocenters.